The minimum absolute atomic E-state index is 0.196. The van der Waals surface area contributed by atoms with Gasteiger partial charge in [0, 0.05) is 24.5 Å². The SMILES string of the molecule is COc1ccc2c(c1)CN(S(=O)(=O)c1cccc3ccccc13)CCC2N. The molecular formula is C21H22N2O3S. The third-order valence-electron chi connectivity index (χ3n) is 5.15. The Kier molecular flexibility index (Phi) is 4.63. The number of nitrogens with zero attached hydrogens (tertiary/aromatic N) is 1. The predicted molar refractivity (Wildman–Crippen MR) is 106 cm³/mol. The molecule has 3 aromatic rings. The van der Waals surface area contributed by atoms with Gasteiger partial charge in [-0.3, -0.25) is 0 Å². The molecule has 0 aliphatic carbocycles. The fourth-order valence-corrected chi connectivity index (χ4v) is 5.33. The lowest BCUT2D eigenvalue weighted by Crippen LogP contribution is -2.31. The number of hydrogen-bond donors (Lipinski definition) is 1. The summed E-state index contributed by atoms with van der Waals surface area (Å²) in [5.74, 6) is 0.699. The van der Waals surface area contributed by atoms with Crippen LogP contribution in [0, 0.1) is 0 Å². The third-order valence-corrected chi connectivity index (χ3v) is 7.06. The number of methoxy groups -OCH3 is 1. The van der Waals surface area contributed by atoms with E-state index in [2.05, 4.69) is 0 Å². The van der Waals surface area contributed by atoms with Crippen molar-refractivity contribution in [2.75, 3.05) is 13.7 Å². The summed E-state index contributed by atoms with van der Waals surface area (Å²) in [5, 5.41) is 1.64. The van der Waals surface area contributed by atoms with Crippen LogP contribution in [0.5, 0.6) is 5.75 Å². The highest BCUT2D eigenvalue weighted by molar-refractivity contribution is 7.89. The van der Waals surface area contributed by atoms with E-state index in [-0.39, 0.29) is 12.6 Å². The molecule has 0 radical (unpaired) electrons. The second-order valence-corrected chi connectivity index (χ2v) is 8.68. The normalized spacial score (nSPS) is 18.1. The molecule has 0 spiro atoms. The maximum absolute atomic E-state index is 13.5. The molecule has 0 bridgehead atoms. The first kappa shape index (κ1) is 18.0. The van der Waals surface area contributed by atoms with Crippen LogP contribution in [0.3, 0.4) is 0 Å². The molecule has 1 atom stereocenters. The molecule has 1 aliphatic rings. The maximum Gasteiger partial charge on any atom is 0.243 e. The largest absolute Gasteiger partial charge is 0.497 e. The first-order chi connectivity index (χ1) is 13.0. The topological polar surface area (TPSA) is 72.6 Å². The van der Waals surface area contributed by atoms with Crippen molar-refractivity contribution in [1.82, 2.24) is 4.31 Å². The van der Waals surface area contributed by atoms with Crippen LogP contribution in [0.15, 0.2) is 65.6 Å². The summed E-state index contributed by atoms with van der Waals surface area (Å²) >= 11 is 0. The van der Waals surface area contributed by atoms with Crippen molar-refractivity contribution in [3.8, 4) is 5.75 Å². The summed E-state index contributed by atoms with van der Waals surface area (Å²) in [4.78, 5) is 0.334. The number of nitrogens with two attached hydrogens (primary N) is 1. The smallest absolute Gasteiger partial charge is 0.243 e. The highest BCUT2D eigenvalue weighted by Crippen LogP contribution is 2.32. The number of rotatable bonds is 3. The molecule has 4 rings (SSSR count). The van der Waals surface area contributed by atoms with Crippen molar-refractivity contribution in [2.45, 2.75) is 23.9 Å². The number of ether oxygens (including phenoxy) is 1. The standard InChI is InChI=1S/C21H22N2O3S/c1-26-17-9-10-18-16(13-17)14-23(12-11-20(18)22)27(24,25)21-8-4-6-15-5-2-3-7-19(15)21/h2-10,13,20H,11-12,14,22H2,1H3. The van der Waals surface area contributed by atoms with Gasteiger partial charge >= 0.3 is 0 Å². The Morgan fingerprint density at radius 1 is 1.07 bits per heavy atom. The van der Waals surface area contributed by atoms with E-state index in [0.29, 0.717) is 23.6 Å². The van der Waals surface area contributed by atoms with Gasteiger partial charge in [0.05, 0.1) is 12.0 Å². The molecule has 2 N–H and O–H groups in total. The molecule has 0 saturated carbocycles. The molecule has 0 aromatic heterocycles. The number of benzene rings is 3. The number of fused-ring (bicyclic) bond motifs is 2. The van der Waals surface area contributed by atoms with Crippen LogP contribution in [0.25, 0.3) is 10.8 Å². The van der Waals surface area contributed by atoms with E-state index in [0.717, 1.165) is 21.9 Å². The van der Waals surface area contributed by atoms with E-state index in [9.17, 15) is 8.42 Å². The van der Waals surface area contributed by atoms with E-state index >= 15 is 0 Å². The van der Waals surface area contributed by atoms with Gasteiger partial charge in [0.25, 0.3) is 0 Å². The molecule has 6 heteroatoms. The maximum atomic E-state index is 13.5. The molecule has 140 valence electrons. The number of hydrogen-bond acceptors (Lipinski definition) is 4. The lowest BCUT2D eigenvalue weighted by molar-refractivity contribution is 0.398. The summed E-state index contributed by atoms with van der Waals surface area (Å²) in [5.41, 5.74) is 8.18. The van der Waals surface area contributed by atoms with Crippen molar-refractivity contribution in [2.24, 2.45) is 5.73 Å². The molecular weight excluding hydrogens is 360 g/mol. The molecule has 0 saturated heterocycles. The predicted octanol–water partition coefficient (Wildman–Crippen LogP) is 3.44. The highest BCUT2D eigenvalue weighted by Gasteiger charge is 2.30. The minimum atomic E-state index is -3.66. The van der Waals surface area contributed by atoms with Crippen LogP contribution in [-0.2, 0) is 16.6 Å². The van der Waals surface area contributed by atoms with Gasteiger partial charge < -0.3 is 10.5 Å². The van der Waals surface area contributed by atoms with Gasteiger partial charge in [0.1, 0.15) is 5.75 Å². The summed E-state index contributed by atoms with van der Waals surface area (Å²) in [7, 11) is -2.06. The Bertz CT molecular complexity index is 1090. The van der Waals surface area contributed by atoms with Gasteiger partial charge in [-0.05, 0) is 41.1 Å². The van der Waals surface area contributed by atoms with E-state index in [1.807, 2.05) is 48.5 Å². The van der Waals surface area contributed by atoms with E-state index in [1.165, 1.54) is 4.31 Å². The molecule has 1 unspecified atom stereocenters. The summed E-state index contributed by atoms with van der Waals surface area (Å²) in [6.45, 7) is 0.662. The highest BCUT2D eigenvalue weighted by atomic mass is 32.2. The first-order valence-corrected chi connectivity index (χ1v) is 10.3. The van der Waals surface area contributed by atoms with Crippen molar-refractivity contribution < 1.29 is 13.2 Å². The van der Waals surface area contributed by atoms with E-state index in [1.54, 1.807) is 19.2 Å². The summed E-state index contributed by atoms with van der Waals surface area (Å²) in [6, 6.07) is 18.4. The summed E-state index contributed by atoms with van der Waals surface area (Å²) < 4.78 is 33.8. The quantitative estimate of drug-likeness (QED) is 0.753. The summed E-state index contributed by atoms with van der Waals surface area (Å²) in [6.07, 6.45) is 0.573. The van der Waals surface area contributed by atoms with Crippen LogP contribution >= 0.6 is 0 Å². The van der Waals surface area contributed by atoms with Gasteiger partial charge in [0.2, 0.25) is 10.0 Å². The van der Waals surface area contributed by atoms with E-state index < -0.39 is 10.0 Å². The zero-order chi connectivity index (χ0) is 19.0. The molecule has 27 heavy (non-hydrogen) atoms. The van der Waals surface area contributed by atoms with Crippen LogP contribution in [0.2, 0.25) is 0 Å². The van der Waals surface area contributed by atoms with Crippen molar-refractivity contribution in [3.05, 3.63) is 71.8 Å². The van der Waals surface area contributed by atoms with Crippen LogP contribution in [-0.4, -0.2) is 26.4 Å². The first-order valence-electron chi connectivity index (χ1n) is 8.91. The zero-order valence-electron chi connectivity index (χ0n) is 15.1. The Labute approximate surface area is 159 Å². The van der Waals surface area contributed by atoms with Gasteiger partial charge in [-0.1, -0.05) is 42.5 Å². The second-order valence-electron chi connectivity index (χ2n) is 6.78. The van der Waals surface area contributed by atoms with Crippen LogP contribution in [0.1, 0.15) is 23.6 Å². The van der Waals surface area contributed by atoms with Gasteiger partial charge in [-0.15, -0.1) is 0 Å². The molecule has 0 fully saturated rings. The second kappa shape index (κ2) is 6.96. The van der Waals surface area contributed by atoms with Crippen molar-refractivity contribution in [3.63, 3.8) is 0 Å². The monoisotopic (exact) mass is 382 g/mol. The van der Waals surface area contributed by atoms with Crippen LogP contribution in [0.4, 0.5) is 0 Å². The molecule has 5 nitrogen and oxygen atoms in total. The number of sulfonamides is 1. The van der Waals surface area contributed by atoms with Gasteiger partial charge in [0.15, 0.2) is 0 Å². The van der Waals surface area contributed by atoms with E-state index in [4.69, 9.17) is 10.5 Å². The average Bonchev–Trinajstić information content (AvgIpc) is 2.86. The molecule has 1 aliphatic heterocycles. The zero-order valence-corrected chi connectivity index (χ0v) is 15.9. The molecule has 3 aromatic carbocycles. The fraction of sp³-hybridized carbons (Fsp3) is 0.238. The average molecular weight is 382 g/mol. The Hall–Kier alpha value is -2.41. The Morgan fingerprint density at radius 3 is 2.67 bits per heavy atom. The lowest BCUT2D eigenvalue weighted by atomic mass is 10.00. The molecule has 0 amide bonds. The Balaban J connectivity index is 1.79. The van der Waals surface area contributed by atoms with Crippen molar-refractivity contribution >= 4 is 20.8 Å². The lowest BCUT2D eigenvalue weighted by Gasteiger charge is -2.21. The third kappa shape index (κ3) is 3.20. The molecule has 1 heterocycles. The van der Waals surface area contributed by atoms with Crippen LogP contribution < -0.4 is 10.5 Å². The van der Waals surface area contributed by atoms with Gasteiger partial charge in [-0.2, -0.15) is 4.31 Å². The fourth-order valence-electron chi connectivity index (χ4n) is 3.68. The van der Waals surface area contributed by atoms with Crippen molar-refractivity contribution in [1.29, 1.82) is 0 Å². The Morgan fingerprint density at radius 2 is 1.85 bits per heavy atom. The minimum Gasteiger partial charge on any atom is -0.497 e. The van der Waals surface area contributed by atoms with Gasteiger partial charge in [-0.25, -0.2) is 8.42 Å².